The summed E-state index contributed by atoms with van der Waals surface area (Å²) in [6.45, 7) is 0. The van der Waals surface area contributed by atoms with Gasteiger partial charge in [-0.05, 0) is 50.1 Å². The number of hydrogen-bond acceptors (Lipinski definition) is 4. The lowest BCUT2D eigenvalue weighted by Gasteiger charge is -2.11. The van der Waals surface area contributed by atoms with Crippen molar-refractivity contribution < 1.29 is 4.42 Å². The molecular weight excluding hydrogens is 344 g/mol. The van der Waals surface area contributed by atoms with Gasteiger partial charge in [0.05, 0.1) is 14.5 Å². The molecule has 15 heavy (non-hydrogen) atoms. The summed E-state index contributed by atoms with van der Waals surface area (Å²) >= 11 is 8.46. The number of hydrogen-bond donors (Lipinski definition) is 2. The number of rotatable bonds is 3. The van der Waals surface area contributed by atoms with Gasteiger partial charge < -0.3 is 4.42 Å². The first-order chi connectivity index (χ1) is 7.22. The largest absolute Gasteiger partial charge is 0.466 e. The average molecular weight is 352 g/mol. The predicted octanol–water partition coefficient (Wildman–Crippen LogP) is 3.42. The lowest BCUT2D eigenvalue weighted by molar-refractivity contribution is 0.453. The molecule has 0 aliphatic rings. The molecule has 2 aromatic heterocycles. The highest BCUT2D eigenvalue weighted by molar-refractivity contribution is 9.11. The Morgan fingerprint density at radius 3 is 2.60 bits per heavy atom. The quantitative estimate of drug-likeness (QED) is 0.658. The second-order valence-corrected chi connectivity index (χ2v) is 6.22. The fraction of sp³-hybridized carbons (Fsp3) is 0.111. The number of hydrazine groups is 1. The Balaban J connectivity index is 2.36. The molecule has 2 heterocycles. The Hall–Kier alpha value is -0.140. The molecule has 0 saturated heterocycles. The zero-order valence-electron chi connectivity index (χ0n) is 7.54. The van der Waals surface area contributed by atoms with E-state index < -0.39 is 0 Å². The molecular formula is C9H8Br2N2OS. The highest BCUT2D eigenvalue weighted by Gasteiger charge is 2.20. The van der Waals surface area contributed by atoms with Gasteiger partial charge in [0.15, 0.2) is 0 Å². The van der Waals surface area contributed by atoms with Gasteiger partial charge >= 0.3 is 0 Å². The van der Waals surface area contributed by atoms with Crippen molar-refractivity contribution in [3.05, 3.63) is 43.4 Å². The number of nitrogens with two attached hydrogens (primary N) is 1. The standard InChI is InChI=1S/C9H8Br2N2OS/c10-5-3-4-14-9(5)8(13-12)6-1-2-7(11)15-6/h1-4,8,13H,12H2. The molecule has 2 rings (SSSR count). The number of thiophene rings is 1. The highest BCUT2D eigenvalue weighted by Crippen LogP contribution is 2.34. The van der Waals surface area contributed by atoms with Gasteiger partial charge in [-0.3, -0.25) is 5.84 Å². The van der Waals surface area contributed by atoms with Crippen LogP contribution in [0.5, 0.6) is 0 Å². The van der Waals surface area contributed by atoms with E-state index in [1.165, 1.54) is 0 Å². The van der Waals surface area contributed by atoms with Gasteiger partial charge in [-0.25, -0.2) is 5.43 Å². The van der Waals surface area contributed by atoms with Gasteiger partial charge in [0.2, 0.25) is 0 Å². The van der Waals surface area contributed by atoms with Gasteiger partial charge in [-0.1, -0.05) is 0 Å². The predicted molar refractivity (Wildman–Crippen MR) is 67.6 cm³/mol. The molecule has 0 fully saturated rings. The Labute approximate surface area is 108 Å². The summed E-state index contributed by atoms with van der Waals surface area (Å²) in [5.41, 5.74) is 2.74. The third-order valence-corrected chi connectivity index (χ3v) is 4.30. The SMILES string of the molecule is NNC(c1ccc(Br)s1)c1occc1Br. The zero-order chi connectivity index (χ0) is 10.8. The lowest BCUT2D eigenvalue weighted by atomic mass is 10.2. The van der Waals surface area contributed by atoms with Crippen molar-refractivity contribution in [2.45, 2.75) is 6.04 Å². The lowest BCUT2D eigenvalue weighted by Crippen LogP contribution is -2.28. The maximum absolute atomic E-state index is 5.53. The van der Waals surface area contributed by atoms with Crippen molar-refractivity contribution in [1.82, 2.24) is 5.43 Å². The maximum atomic E-state index is 5.53. The molecule has 0 aliphatic carbocycles. The van der Waals surface area contributed by atoms with E-state index in [0.29, 0.717) is 0 Å². The van der Waals surface area contributed by atoms with Crippen LogP contribution < -0.4 is 11.3 Å². The Kier molecular flexibility index (Phi) is 3.63. The molecule has 0 amide bonds. The minimum Gasteiger partial charge on any atom is -0.466 e. The van der Waals surface area contributed by atoms with E-state index in [1.54, 1.807) is 17.6 Å². The van der Waals surface area contributed by atoms with Crippen molar-refractivity contribution >= 4 is 43.2 Å². The number of furan rings is 1. The molecule has 0 bridgehead atoms. The van der Waals surface area contributed by atoms with Crippen LogP contribution in [0.15, 0.2) is 37.1 Å². The average Bonchev–Trinajstić information content (AvgIpc) is 2.79. The van der Waals surface area contributed by atoms with Crippen molar-refractivity contribution in [1.29, 1.82) is 0 Å². The smallest absolute Gasteiger partial charge is 0.141 e. The third-order valence-electron chi connectivity index (χ3n) is 1.95. The summed E-state index contributed by atoms with van der Waals surface area (Å²) in [5.74, 6) is 6.32. The topological polar surface area (TPSA) is 51.2 Å². The molecule has 0 radical (unpaired) electrons. The van der Waals surface area contributed by atoms with Crippen LogP contribution in [-0.2, 0) is 0 Å². The van der Waals surface area contributed by atoms with E-state index in [9.17, 15) is 0 Å². The van der Waals surface area contributed by atoms with Crippen LogP contribution in [0.2, 0.25) is 0 Å². The first kappa shape index (κ1) is 11.3. The van der Waals surface area contributed by atoms with E-state index in [2.05, 4.69) is 37.3 Å². The fourth-order valence-corrected chi connectivity index (χ4v) is 3.20. The molecule has 3 N–H and O–H groups in total. The first-order valence-electron chi connectivity index (χ1n) is 4.16. The van der Waals surface area contributed by atoms with E-state index in [-0.39, 0.29) is 6.04 Å². The Morgan fingerprint density at radius 1 is 1.33 bits per heavy atom. The Morgan fingerprint density at radius 2 is 2.13 bits per heavy atom. The zero-order valence-corrected chi connectivity index (χ0v) is 11.5. The van der Waals surface area contributed by atoms with E-state index in [4.69, 9.17) is 10.3 Å². The maximum Gasteiger partial charge on any atom is 0.141 e. The van der Waals surface area contributed by atoms with Crippen LogP contribution in [0, 0.1) is 0 Å². The molecule has 0 spiro atoms. The minimum atomic E-state index is -0.120. The van der Waals surface area contributed by atoms with Crippen molar-refractivity contribution in [2.24, 2.45) is 5.84 Å². The minimum absolute atomic E-state index is 0.120. The number of nitrogens with one attached hydrogen (secondary N) is 1. The van der Waals surface area contributed by atoms with Crippen LogP contribution in [0.1, 0.15) is 16.7 Å². The molecule has 0 saturated carbocycles. The molecule has 2 aromatic rings. The van der Waals surface area contributed by atoms with Crippen molar-refractivity contribution in [2.75, 3.05) is 0 Å². The second-order valence-electron chi connectivity index (χ2n) is 2.87. The van der Waals surface area contributed by atoms with Crippen LogP contribution in [0.3, 0.4) is 0 Å². The van der Waals surface area contributed by atoms with Gasteiger partial charge in [0, 0.05) is 4.88 Å². The van der Waals surface area contributed by atoms with Gasteiger partial charge in [0.25, 0.3) is 0 Å². The summed E-state index contributed by atoms with van der Waals surface area (Å²) < 4.78 is 7.36. The van der Waals surface area contributed by atoms with Crippen LogP contribution in [0.4, 0.5) is 0 Å². The molecule has 0 aliphatic heterocycles. The molecule has 3 nitrogen and oxygen atoms in total. The summed E-state index contributed by atoms with van der Waals surface area (Å²) in [6.07, 6.45) is 1.63. The van der Waals surface area contributed by atoms with Crippen molar-refractivity contribution in [3.63, 3.8) is 0 Å². The van der Waals surface area contributed by atoms with Crippen molar-refractivity contribution in [3.8, 4) is 0 Å². The summed E-state index contributed by atoms with van der Waals surface area (Å²) in [7, 11) is 0. The first-order valence-corrected chi connectivity index (χ1v) is 6.57. The highest BCUT2D eigenvalue weighted by atomic mass is 79.9. The summed E-state index contributed by atoms with van der Waals surface area (Å²) in [6, 6.07) is 5.73. The molecule has 6 heteroatoms. The number of halogens is 2. The van der Waals surface area contributed by atoms with Crippen LogP contribution in [0.25, 0.3) is 0 Å². The molecule has 0 aromatic carbocycles. The van der Waals surface area contributed by atoms with E-state index in [1.807, 2.05) is 18.2 Å². The summed E-state index contributed by atoms with van der Waals surface area (Å²) in [5, 5.41) is 0. The van der Waals surface area contributed by atoms with E-state index in [0.717, 1.165) is 18.9 Å². The van der Waals surface area contributed by atoms with Gasteiger partial charge in [-0.15, -0.1) is 11.3 Å². The van der Waals surface area contributed by atoms with Crippen LogP contribution >= 0.6 is 43.2 Å². The second kappa shape index (κ2) is 4.80. The van der Waals surface area contributed by atoms with Gasteiger partial charge in [0.1, 0.15) is 11.8 Å². The molecule has 80 valence electrons. The molecule has 1 atom stereocenters. The van der Waals surface area contributed by atoms with E-state index >= 15 is 0 Å². The van der Waals surface area contributed by atoms with Crippen LogP contribution in [-0.4, -0.2) is 0 Å². The summed E-state index contributed by atoms with van der Waals surface area (Å²) in [4.78, 5) is 1.10. The normalized spacial score (nSPS) is 13.0. The third kappa shape index (κ3) is 2.34. The molecule has 1 unspecified atom stereocenters. The monoisotopic (exact) mass is 350 g/mol. The Bertz CT molecular complexity index is 454. The van der Waals surface area contributed by atoms with Gasteiger partial charge in [-0.2, -0.15) is 0 Å². The fourth-order valence-electron chi connectivity index (χ4n) is 1.28.